The lowest BCUT2D eigenvalue weighted by Gasteiger charge is -2.08. The Kier molecular flexibility index (Phi) is 5.76. The lowest BCUT2D eigenvalue weighted by molar-refractivity contribution is -0.00304. The van der Waals surface area contributed by atoms with Crippen molar-refractivity contribution in [1.82, 2.24) is 0 Å². The second-order valence-electron chi connectivity index (χ2n) is 5.59. The molecule has 3 aromatic carbocycles. The molecule has 0 atom stereocenters. The van der Waals surface area contributed by atoms with Crippen LogP contribution in [0.1, 0.15) is 22.3 Å². The molecule has 0 amide bonds. The van der Waals surface area contributed by atoms with Crippen LogP contribution in [-0.4, -0.2) is 10.5 Å². The van der Waals surface area contributed by atoms with Crippen LogP contribution in [0, 0.1) is 0 Å². The molecule has 0 heterocycles. The van der Waals surface area contributed by atoms with Crippen molar-refractivity contribution in [2.45, 2.75) is 13.2 Å². The molecule has 0 aliphatic heterocycles. The van der Waals surface area contributed by atoms with Gasteiger partial charge in [0, 0.05) is 5.02 Å². The van der Waals surface area contributed by atoms with E-state index in [0.717, 1.165) is 22.3 Å². The van der Waals surface area contributed by atoms with E-state index in [0.29, 0.717) is 23.9 Å². The Morgan fingerprint density at radius 2 is 1.52 bits per heavy atom. The minimum Gasteiger partial charge on any atom is -0.372 e. The van der Waals surface area contributed by atoms with E-state index in [1.807, 2.05) is 78.9 Å². The number of benzene rings is 3. The van der Waals surface area contributed by atoms with Gasteiger partial charge in [-0.3, -0.25) is 0 Å². The van der Waals surface area contributed by atoms with Gasteiger partial charge in [0.1, 0.15) is 0 Å². The van der Waals surface area contributed by atoms with Crippen molar-refractivity contribution < 1.29 is 9.53 Å². The Morgan fingerprint density at radius 1 is 0.840 bits per heavy atom. The van der Waals surface area contributed by atoms with E-state index in [-0.39, 0.29) is 0 Å². The third-order valence-electron chi connectivity index (χ3n) is 3.86. The first kappa shape index (κ1) is 17.1. The molecule has 25 heavy (non-hydrogen) atoms. The van der Waals surface area contributed by atoms with Gasteiger partial charge < -0.3 is 10.3 Å². The molecule has 3 nitrogen and oxygen atoms in total. The molecule has 0 unspecified atom stereocenters. The van der Waals surface area contributed by atoms with Crippen molar-refractivity contribution in [3.63, 3.8) is 0 Å². The zero-order valence-corrected chi connectivity index (χ0v) is 14.4. The average Bonchev–Trinajstić information content (AvgIpc) is 2.66. The van der Waals surface area contributed by atoms with Crippen LogP contribution in [0.15, 0.2) is 78.9 Å². The van der Waals surface area contributed by atoms with Crippen LogP contribution < -0.4 is 0 Å². The molecule has 124 valence electrons. The fourth-order valence-corrected chi connectivity index (χ4v) is 2.73. The maximum Gasteiger partial charge on any atom is 0.330 e. The lowest BCUT2D eigenvalue weighted by Crippen LogP contribution is -2.09. The van der Waals surface area contributed by atoms with Crippen LogP contribution >= 0.6 is 11.6 Å². The highest BCUT2D eigenvalue weighted by Gasteiger charge is 2.18. The van der Waals surface area contributed by atoms with Gasteiger partial charge in [-0.05, 0) is 41.5 Å². The van der Waals surface area contributed by atoms with Gasteiger partial charge in [-0.2, -0.15) is 4.79 Å². The van der Waals surface area contributed by atoms with E-state index in [2.05, 4.69) is 4.79 Å². The summed E-state index contributed by atoms with van der Waals surface area (Å²) in [6.07, 6.45) is 0. The van der Waals surface area contributed by atoms with Crippen LogP contribution in [0.5, 0.6) is 0 Å². The third kappa shape index (κ3) is 4.43. The molecule has 0 saturated heterocycles. The van der Waals surface area contributed by atoms with Gasteiger partial charge in [-0.25, -0.2) is 0 Å². The summed E-state index contributed by atoms with van der Waals surface area (Å²) in [6.45, 7) is 0.910. The maximum atomic E-state index is 9.52. The quantitative estimate of drug-likeness (QED) is 0.346. The molecule has 0 radical (unpaired) electrons. The molecule has 0 aliphatic rings. The van der Waals surface area contributed by atoms with Crippen LogP contribution in [-0.2, 0) is 18.0 Å². The summed E-state index contributed by atoms with van der Waals surface area (Å²) in [5.41, 5.74) is 13.8. The summed E-state index contributed by atoms with van der Waals surface area (Å²) < 4.78 is 5.84. The Hall–Kier alpha value is -2.71. The SMILES string of the molecule is [N-]=[N+]=C(c1ccccc1)c1ccccc1COCc1ccc(Cl)cc1. The maximum absolute atomic E-state index is 9.52. The van der Waals surface area contributed by atoms with Crippen molar-refractivity contribution in [3.8, 4) is 0 Å². The van der Waals surface area contributed by atoms with Crippen LogP contribution in [0.25, 0.3) is 5.53 Å². The predicted molar refractivity (Wildman–Crippen MR) is 99.7 cm³/mol. The first-order valence-corrected chi connectivity index (χ1v) is 8.33. The monoisotopic (exact) mass is 348 g/mol. The molecule has 0 saturated carbocycles. The summed E-state index contributed by atoms with van der Waals surface area (Å²) in [5, 5.41) is 0.709. The first-order chi connectivity index (χ1) is 12.3. The average molecular weight is 349 g/mol. The van der Waals surface area contributed by atoms with E-state index >= 15 is 0 Å². The summed E-state index contributed by atoms with van der Waals surface area (Å²) in [6, 6.07) is 25.0. The summed E-state index contributed by atoms with van der Waals surface area (Å²) in [5.74, 6) is 0. The Labute approximate surface area is 152 Å². The van der Waals surface area contributed by atoms with Gasteiger partial charge in [0.2, 0.25) is 0 Å². The minimum atomic E-state index is 0.421. The minimum absolute atomic E-state index is 0.421. The third-order valence-corrected chi connectivity index (χ3v) is 4.11. The number of hydrogen-bond acceptors (Lipinski definition) is 1. The van der Waals surface area contributed by atoms with E-state index in [1.165, 1.54) is 0 Å². The Bertz CT molecular complexity index is 885. The second-order valence-corrected chi connectivity index (χ2v) is 6.03. The standard InChI is InChI=1S/C21H17ClN2O/c22-19-12-10-16(11-13-19)14-25-15-18-8-4-5-9-20(18)21(24-23)17-6-2-1-3-7-17/h1-13H,14-15H2. The van der Waals surface area contributed by atoms with Gasteiger partial charge in [-0.1, -0.05) is 60.1 Å². The molecule has 0 bridgehead atoms. The molecular weight excluding hydrogens is 332 g/mol. The fraction of sp³-hybridized carbons (Fsp3) is 0.0952. The van der Waals surface area contributed by atoms with E-state index < -0.39 is 0 Å². The normalized spacial score (nSPS) is 10.3. The second kappa shape index (κ2) is 8.41. The Morgan fingerprint density at radius 3 is 2.24 bits per heavy atom. The van der Waals surface area contributed by atoms with Crippen LogP contribution in [0.2, 0.25) is 5.02 Å². The van der Waals surface area contributed by atoms with Crippen molar-refractivity contribution in [2.75, 3.05) is 0 Å². The van der Waals surface area contributed by atoms with Crippen LogP contribution in [0.3, 0.4) is 0 Å². The lowest BCUT2D eigenvalue weighted by atomic mass is 9.98. The number of halogens is 1. The van der Waals surface area contributed by atoms with Gasteiger partial charge in [0.25, 0.3) is 0 Å². The Balaban J connectivity index is 1.77. The molecule has 3 rings (SSSR count). The molecule has 0 N–H and O–H groups in total. The van der Waals surface area contributed by atoms with Gasteiger partial charge in [0.15, 0.2) is 0 Å². The molecule has 3 aromatic rings. The predicted octanol–water partition coefficient (Wildman–Crippen LogP) is 5.12. The first-order valence-electron chi connectivity index (χ1n) is 7.96. The topological polar surface area (TPSA) is 45.6 Å². The van der Waals surface area contributed by atoms with Crippen molar-refractivity contribution in [1.29, 1.82) is 0 Å². The fourth-order valence-electron chi connectivity index (χ4n) is 2.60. The smallest absolute Gasteiger partial charge is 0.330 e. The molecule has 0 fully saturated rings. The van der Waals surface area contributed by atoms with Gasteiger partial charge in [0.05, 0.1) is 24.3 Å². The number of ether oxygens (including phenoxy) is 1. The zero-order valence-electron chi connectivity index (χ0n) is 13.6. The summed E-state index contributed by atoms with van der Waals surface area (Å²) in [7, 11) is 0. The molecule has 0 aliphatic carbocycles. The molecule has 0 spiro atoms. The van der Waals surface area contributed by atoms with Crippen LogP contribution in [0.4, 0.5) is 0 Å². The van der Waals surface area contributed by atoms with Crippen molar-refractivity contribution >= 4 is 17.3 Å². The molecule has 0 aromatic heterocycles. The number of hydrogen-bond donors (Lipinski definition) is 0. The largest absolute Gasteiger partial charge is 0.372 e. The summed E-state index contributed by atoms with van der Waals surface area (Å²) in [4.78, 5) is 3.51. The summed E-state index contributed by atoms with van der Waals surface area (Å²) >= 11 is 5.89. The zero-order chi connectivity index (χ0) is 17.5. The van der Waals surface area contributed by atoms with Gasteiger partial charge >= 0.3 is 5.71 Å². The van der Waals surface area contributed by atoms with Gasteiger partial charge in [-0.15, -0.1) is 0 Å². The van der Waals surface area contributed by atoms with E-state index in [9.17, 15) is 5.53 Å². The number of rotatable bonds is 6. The van der Waals surface area contributed by atoms with E-state index in [1.54, 1.807) is 0 Å². The van der Waals surface area contributed by atoms with E-state index in [4.69, 9.17) is 16.3 Å². The highest BCUT2D eigenvalue weighted by molar-refractivity contribution is 6.30. The number of nitrogens with zero attached hydrogens (tertiary/aromatic N) is 2. The van der Waals surface area contributed by atoms with Crippen molar-refractivity contribution in [3.05, 3.63) is 112 Å². The highest BCUT2D eigenvalue weighted by Crippen LogP contribution is 2.17. The molecular formula is C21H17ClN2O. The van der Waals surface area contributed by atoms with Crippen molar-refractivity contribution in [2.24, 2.45) is 0 Å². The highest BCUT2D eigenvalue weighted by atomic mass is 35.5. The molecule has 4 heteroatoms.